The molecule has 0 aliphatic carbocycles. The van der Waals surface area contributed by atoms with Gasteiger partial charge in [-0.3, -0.25) is 0 Å². The van der Waals surface area contributed by atoms with E-state index in [1.165, 1.54) is 19.1 Å². The predicted molar refractivity (Wildman–Crippen MR) is 53.7 cm³/mol. The molecule has 1 N–H and O–H groups in total. The monoisotopic (exact) mass is 217 g/mol. The van der Waals surface area contributed by atoms with E-state index >= 15 is 0 Å². The van der Waals surface area contributed by atoms with E-state index in [-0.39, 0.29) is 10.6 Å². The van der Waals surface area contributed by atoms with Crippen LogP contribution in [0.25, 0.3) is 0 Å². The number of hydrogen-bond acceptors (Lipinski definition) is 3. The molecule has 0 aliphatic rings. The summed E-state index contributed by atoms with van der Waals surface area (Å²) in [6.45, 7) is 1.53. The number of hydrogen-bond donors (Lipinski definition) is 1. The van der Waals surface area contributed by atoms with Gasteiger partial charge in [0.15, 0.2) is 9.84 Å². The smallest absolute Gasteiger partial charge is 0.178 e. The molecular formula is C9H12FNO2S. The Bertz CT molecular complexity index is 428. The van der Waals surface area contributed by atoms with E-state index in [9.17, 15) is 12.8 Å². The summed E-state index contributed by atoms with van der Waals surface area (Å²) in [6.07, 6.45) is 0. The second kappa shape index (κ2) is 3.96. The Morgan fingerprint density at radius 2 is 2.07 bits per heavy atom. The number of anilines is 1. The number of halogens is 1. The molecule has 0 saturated carbocycles. The minimum Gasteiger partial charge on any atom is -0.386 e. The Labute approximate surface area is 82.9 Å². The zero-order chi connectivity index (χ0) is 10.8. The molecule has 0 aromatic heterocycles. The molecule has 1 aromatic carbocycles. The lowest BCUT2D eigenvalue weighted by molar-refractivity contribution is 0.592. The van der Waals surface area contributed by atoms with Crippen LogP contribution in [0.3, 0.4) is 0 Å². The maximum atomic E-state index is 13.2. The molecule has 0 radical (unpaired) electrons. The van der Waals surface area contributed by atoms with Crippen molar-refractivity contribution < 1.29 is 12.8 Å². The van der Waals surface area contributed by atoms with Crippen LogP contribution in [0.1, 0.15) is 6.92 Å². The third-order valence-corrected chi connectivity index (χ3v) is 3.68. The van der Waals surface area contributed by atoms with Gasteiger partial charge in [-0.1, -0.05) is 6.92 Å². The van der Waals surface area contributed by atoms with Crippen molar-refractivity contribution in [1.82, 2.24) is 0 Å². The van der Waals surface area contributed by atoms with Crippen LogP contribution in [0, 0.1) is 5.82 Å². The first-order valence-corrected chi connectivity index (χ1v) is 5.86. The van der Waals surface area contributed by atoms with E-state index in [0.29, 0.717) is 5.69 Å². The lowest BCUT2D eigenvalue weighted by Crippen LogP contribution is -2.04. The van der Waals surface area contributed by atoms with Crippen LogP contribution < -0.4 is 5.32 Å². The average molecular weight is 217 g/mol. The SMILES string of the molecule is CCS(=O)(=O)c1ccc(NC)c(F)c1. The van der Waals surface area contributed by atoms with Crippen molar-refractivity contribution in [3.8, 4) is 0 Å². The van der Waals surface area contributed by atoms with Crippen molar-refractivity contribution >= 4 is 15.5 Å². The zero-order valence-electron chi connectivity index (χ0n) is 8.04. The maximum Gasteiger partial charge on any atom is 0.178 e. The van der Waals surface area contributed by atoms with Crippen LogP contribution in [0.2, 0.25) is 0 Å². The van der Waals surface area contributed by atoms with Crippen molar-refractivity contribution in [1.29, 1.82) is 0 Å². The lowest BCUT2D eigenvalue weighted by atomic mass is 10.3. The molecule has 14 heavy (non-hydrogen) atoms. The van der Waals surface area contributed by atoms with Crippen LogP contribution >= 0.6 is 0 Å². The van der Waals surface area contributed by atoms with E-state index in [1.807, 2.05) is 0 Å². The largest absolute Gasteiger partial charge is 0.386 e. The van der Waals surface area contributed by atoms with Gasteiger partial charge in [0.05, 0.1) is 16.3 Å². The first-order valence-electron chi connectivity index (χ1n) is 4.21. The molecule has 78 valence electrons. The topological polar surface area (TPSA) is 46.2 Å². The molecule has 0 fully saturated rings. The molecule has 3 nitrogen and oxygen atoms in total. The maximum absolute atomic E-state index is 13.2. The Hall–Kier alpha value is -1.10. The first-order chi connectivity index (χ1) is 6.51. The molecule has 5 heteroatoms. The predicted octanol–water partition coefficient (Wildman–Crippen LogP) is 1.66. The molecule has 0 bridgehead atoms. The minimum atomic E-state index is -3.31. The van der Waals surface area contributed by atoms with Crippen LogP contribution in [-0.4, -0.2) is 21.2 Å². The van der Waals surface area contributed by atoms with Gasteiger partial charge in [-0.25, -0.2) is 12.8 Å². The van der Waals surface area contributed by atoms with Gasteiger partial charge in [0.1, 0.15) is 5.82 Å². The summed E-state index contributed by atoms with van der Waals surface area (Å²) >= 11 is 0. The van der Waals surface area contributed by atoms with Crippen molar-refractivity contribution in [2.45, 2.75) is 11.8 Å². The van der Waals surface area contributed by atoms with Gasteiger partial charge in [0.2, 0.25) is 0 Å². The van der Waals surface area contributed by atoms with Gasteiger partial charge in [0, 0.05) is 7.05 Å². The Morgan fingerprint density at radius 1 is 1.43 bits per heavy atom. The molecule has 0 unspecified atom stereocenters. The third-order valence-electron chi connectivity index (χ3n) is 1.95. The normalized spacial score (nSPS) is 11.4. The second-order valence-electron chi connectivity index (χ2n) is 2.80. The second-order valence-corrected chi connectivity index (χ2v) is 5.07. The minimum absolute atomic E-state index is 0.0225. The van der Waals surface area contributed by atoms with E-state index in [2.05, 4.69) is 5.32 Å². The number of rotatable bonds is 3. The quantitative estimate of drug-likeness (QED) is 0.837. The highest BCUT2D eigenvalue weighted by Crippen LogP contribution is 2.19. The van der Waals surface area contributed by atoms with Gasteiger partial charge in [-0.2, -0.15) is 0 Å². The Kier molecular flexibility index (Phi) is 3.10. The van der Waals surface area contributed by atoms with Crippen LogP contribution in [0.5, 0.6) is 0 Å². The molecule has 0 amide bonds. The fraction of sp³-hybridized carbons (Fsp3) is 0.333. The van der Waals surface area contributed by atoms with Crippen molar-refractivity contribution in [2.24, 2.45) is 0 Å². The van der Waals surface area contributed by atoms with Gasteiger partial charge in [0.25, 0.3) is 0 Å². The van der Waals surface area contributed by atoms with Crippen molar-refractivity contribution in [3.63, 3.8) is 0 Å². The highest BCUT2D eigenvalue weighted by molar-refractivity contribution is 7.91. The van der Waals surface area contributed by atoms with Gasteiger partial charge in [-0.15, -0.1) is 0 Å². The summed E-state index contributed by atoms with van der Waals surface area (Å²) in [5.74, 6) is -0.576. The Balaban J connectivity index is 3.22. The summed E-state index contributed by atoms with van der Waals surface area (Å²) in [7, 11) is -1.74. The molecule has 0 saturated heterocycles. The highest BCUT2D eigenvalue weighted by atomic mass is 32.2. The summed E-state index contributed by atoms with van der Waals surface area (Å²) in [6, 6.07) is 3.84. The van der Waals surface area contributed by atoms with Gasteiger partial charge < -0.3 is 5.32 Å². The van der Waals surface area contributed by atoms with E-state index in [0.717, 1.165) is 6.07 Å². The van der Waals surface area contributed by atoms with E-state index in [4.69, 9.17) is 0 Å². The van der Waals surface area contributed by atoms with Crippen LogP contribution in [-0.2, 0) is 9.84 Å². The fourth-order valence-corrected chi connectivity index (χ4v) is 1.95. The summed E-state index contributed by atoms with van der Waals surface area (Å²) in [5.41, 5.74) is 0.292. The Morgan fingerprint density at radius 3 is 2.50 bits per heavy atom. The highest BCUT2D eigenvalue weighted by Gasteiger charge is 2.13. The third kappa shape index (κ3) is 2.04. The zero-order valence-corrected chi connectivity index (χ0v) is 8.86. The molecule has 0 spiro atoms. The van der Waals surface area contributed by atoms with Crippen LogP contribution in [0.15, 0.2) is 23.1 Å². The number of nitrogens with one attached hydrogen (secondary N) is 1. The van der Waals surface area contributed by atoms with Gasteiger partial charge >= 0.3 is 0 Å². The lowest BCUT2D eigenvalue weighted by Gasteiger charge is -2.05. The first kappa shape index (κ1) is 11.0. The summed E-state index contributed by atoms with van der Waals surface area (Å²) in [4.78, 5) is 0.0245. The van der Waals surface area contributed by atoms with E-state index in [1.54, 1.807) is 7.05 Å². The fourth-order valence-electron chi connectivity index (χ4n) is 1.06. The number of sulfone groups is 1. The average Bonchev–Trinajstić information content (AvgIpc) is 2.17. The molecule has 1 aromatic rings. The molecular weight excluding hydrogens is 205 g/mol. The summed E-state index contributed by atoms with van der Waals surface area (Å²) < 4.78 is 35.9. The van der Waals surface area contributed by atoms with Crippen molar-refractivity contribution in [3.05, 3.63) is 24.0 Å². The molecule has 0 heterocycles. The van der Waals surface area contributed by atoms with Crippen LogP contribution in [0.4, 0.5) is 10.1 Å². The molecule has 0 atom stereocenters. The standard InChI is InChI=1S/C9H12FNO2S/c1-3-14(12,13)7-4-5-9(11-2)8(10)6-7/h4-6,11H,3H2,1-2H3. The summed E-state index contributed by atoms with van der Waals surface area (Å²) in [5, 5.41) is 2.62. The van der Waals surface area contributed by atoms with Gasteiger partial charge in [-0.05, 0) is 18.2 Å². The molecule has 1 rings (SSSR count). The van der Waals surface area contributed by atoms with Crippen molar-refractivity contribution in [2.75, 3.05) is 18.1 Å². The van der Waals surface area contributed by atoms with E-state index < -0.39 is 15.7 Å². The molecule has 0 aliphatic heterocycles. The number of benzene rings is 1.